The maximum atomic E-state index is 12.8. The van der Waals surface area contributed by atoms with Gasteiger partial charge >= 0.3 is 5.69 Å². The summed E-state index contributed by atoms with van der Waals surface area (Å²) >= 11 is 0. The Bertz CT molecular complexity index is 1400. The van der Waals surface area contributed by atoms with Crippen molar-refractivity contribution in [2.75, 3.05) is 17.7 Å². The van der Waals surface area contributed by atoms with Gasteiger partial charge in [-0.2, -0.15) is 0 Å². The Morgan fingerprint density at radius 1 is 1.00 bits per heavy atom. The monoisotopic (exact) mass is 445 g/mol. The van der Waals surface area contributed by atoms with Crippen LogP contribution >= 0.6 is 0 Å². The standard InChI is InChI=1S/C24H23N5O4/c1-15-5-4-6-20(16(15)2)26-22(30)14-29-24(32)28-13-17(7-12-21(28)27-29)23(31)25-18-8-10-19(33-3)11-9-18/h4-13H,14H2,1-3H3,(H,25,31)(H,26,30). The fourth-order valence-electron chi connectivity index (χ4n) is 3.35. The van der Waals surface area contributed by atoms with Crippen LogP contribution in [0.4, 0.5) is 11.4 Å². The van der Waals surface area contributed by atoms with Crippen molar-refractivity contribution in [2.45, 2.75) is 20.4 Å². The summed E-state index contributed by atoms with van der Waals surface area (Å²) in [6.45, 7) is 3.63. The molecule has 0 fully saturated rings. The Morgan fingerprint density at radius 2 is 1.76 bits per heavy atom. The van der Waals surface area contributed by atoms with Crippen LogP contribution in [0, 0.1) is 13.8 Å². The van der Waals surface area contributed by atoms with Gasteiger partial charge in [0.25, 0.3) is 5.91 Å². The molecule has 0 aliphatic carbocycles. The lowest BCUT2D eigenvalue weighted by molar-refractivity contribution is -0.117. The van der Waals surface area contributed by atoms with Gasteiger partial charge in [-0.05, 0) is 67.4 Å². The highest BCUT2D eigenvalue weighted by molar-refractivity contribution is 6.04. The van der Waals surface area contributed by atoms with Crippen molar-refractivity contribution in [3.05, 3.63) is 88.0 Å². The molecule has 4 rings (SSSR count). The summed E-state index contributed by atoms with van der Waals surface area (Å²) in [6.07, 6.45) is 1.41. The molecule has 0 atom stereocenters. The van der Waals surface area contributed by atoms with Gasteiger partial charge in [-0.15, -0.1) is 5.10 Å². The number of rotatable bonds is 6. The van der Waals surface area contributed by atoms with E-state index in [1.807, 2.05) is 26.0 Å². The number of carbonyl (C=O) groups is 2. The summed E-state index contributed by atoms with van der Waals surface area (Å²) in [5, 5.41) is 9.78. The number of methoxy groups -OCH3 is 1. The van der Waals surface area contributed by atoms with Crippen LogP contribution in [0.3, 0.4) is 0 Å². The molecule has 2 aromatic heterocycles. The third-order valence-electron chi connectivity index (χ3n) is 5.36. The number of hydrogen-bond acceptors (Lipinski definition) is 5. The van der Waals surface area contributed by atoms with E-state index in [1.54, 1.807) is 49.6 Å². The second-order valence-corrected chi connectivity index (χ2v) is 7.56. The largest absolute Gasteiger partial charge is 0.497 e. The topological polar surface area (TPSA) is 107 Å². The second-order valence-electron chi connectivity index (χ2n) is 7.56. The number of pyridine rings is 1. The molecule has 2 heterocycles. The van der Waals surface area contributed by atoms with Crippen LogP contribution in [0.25, 0.3) is 5.65 Å². The predicted octanol–water partition coefficient (Wildman–Crippen LogP) is 3.01. The van der Waals surface area contributed by atoms with Crippen LogP contribution in [0.15, 0.2) is 65.6 Å². The fraction of sp³-hybridized carbons (Fsp3) is 0.167. The molecule has 0 bridgehead atoms. The molecule has 0 spiro atoms. The molecule has 0 saturated carbocycles. The highest BCUT2D eigenvalue weighted by atomic mass is 16.5. The van der Waals surface area contributed by atoms with E-state index in [4.69, 9.17) is 4.74 Å². The third kappa shape index (κ3) is 4.62. The first kappa shape index (κ1) is 21.8. The van der Waals surface area contributed by atoms with E-state index in [9.17, 15) is 14.4 Å². The molecular weight excluding hydrogens is 422 g/mol. The Kier molecular flexibility index (Phi) is 5.95. The van der Waals surface area contributed by atoms with Crippen molar-refractivity contribution < 1.29 is 14.3 Å². The van der Waals surface area contributed by atoms with Gasteiger partial charge in [0, 0.05) is 17.6 Å². The highest BCUT2D eigenvalue weighted by Gasteiger charge is 2.14. The number of nitrogens with zero attached hydrogens (tertiary/aromatic N) is 3. The normalized spacial score (nSPS) is 10.8. The summed E-state index contributed by atoms with van der Waals surface area (Å²) in [7, 11) is 1.56. The number of aromatic nitrogens is 3. The zero-order chi connectivity index (χ0) is 23.5. The molecular formula is C24H23N5O4. The number of aryl methyl sites for hydroxylation is 1. The number of anilines is 2. The zero-order valence-electron chi connectivity index (χ0n) is 18.5. The SMILES string of the molecule is COc1ccc(NC(=O)c2ccc3nn(CC(=O)Nc4cccc(C)c4C)c(=O)n3c2)cc1. The van der Waals surface area contributed by atoms with Crippen molar-refractivity contribution in [1.82, 2.24) is 14.2 Å². The van der Waals surface area contributed by atoms with Gasteiger partial charge in [0.15, 0.2) is 5.65 Å². The van der Waals surface area contributed by atoms with Crippen LogP contribution in [0.1, 0.15) is 21.5 Å². The number of ether oxygens (including phenoxy) is 1. The molecule has 0 saturated heterocycles. The zero-order valence-corrected chi connectivity index (χ0v) is 18.5. The van der Waals surface area contributed by atoms with Crippen LogP contribution in [-0.4, -0.2) is 33.1 Å². The molecule has 2 amide bonds. The smallest absolute Gasteiger partial charge is 0.350 e. The lowest BCUT2D eigenvalue weighted by Crippen LogP contribution is -2.28. The summed E-state index contributed by atoms with van der Waals surface area (Å²) in [5.74, 6) is -0.0731. The van der Waals surface area contributed by atoms with Crippen LogP contribution in [0.2, 0.25) is 0 Å². The first-order valence-electron chi connectivity index (χ1n) is 10.3. The summed E-state index contributed by atoms with van der Waals surface area (Å²) in [6, 6.07) is 15.6. The van der Waals surface area contributed by atoms with Gasteiger partial charge < -0.3 is 15.4 Å². The number of carbonyl (C=O) groups excluding carboxylic acids is 2. The van der Waals surface area contributed by atoms with Crippen LogP contribution in [0.5, 0.6) is 5.75 Å². The minimum absolute atomic E-state index is 0.249. The van der Waals surface area contributed by atoms with Crippen molar-refractivity contribution in [3.63, 3.8) is 0 Å². The molecule has 33 heavy (non-hydrogen) atoms. The summed E-state index contributed by atoms with van der Waals surface area (Å²) in [5.41, 5.74) is 3.39. The number of hydrogen-bond donors (Lipinski definition) is 2. The first-order valence-corrected chi connectivity index (χ1v) is 10.3. The fourth-order valence-corrected chi connectivity index (χ4v) is 3.35. The molecule has 2 N–H and O–H groups in total. The Morgan fingerprint density at radius 3 is 2.48 bits per heavy atom. The van der Waals surface area contributed by atoms with Gasteiger partial charge in [0.2, 0.25) is 5.91 Å². The van der Waals surface area contributed by atoms with E-state index in [2.05, 4.69) is 15.7 Å². The molecule has 0 unspecified atom stereocenters. The van der Waals surface area contributed by atoms with Crippen LogP contribution in [-0.2, 0) is 11.3 Å². The van der Waals surface area contributed by atoms with Gasteiger partial charge in [-0.3, -0.25) is 9.59 Å². The number of benzene rings is 2. The molecule has 9 heteroatoms. The van der Waals surface area contributed by atoms with E-state index in [-0.39, 0.29) is 23.9 Å². The summed E-state index contributed by atoms with van der Waals surface area (Å²) in [4.78, 5) is 37.9. The van der Waals surface area contributed by atoms with Crippen molar-refractivity contribution in [2.24, 2.45) is 0 Å². The predicted molar refractivity (Wildman–Crippen MR) is 125 cm³/mol. The van der Waals surface area contributed by atoms with E-state index >= 15 is 0 Å². The highest BCUT2D eigenvalue weighted by Crippen LogP contribution is 2.18. The van der Waals surface area contributed by atoms with Crippen LogP contribution < -0.4 is 21.1 Å². The number of fused-ring (bicyclic) bond motifs is 1. The molecule has 9 nitrogen and oxygen atoms in total. The van der Waals surface area contributed by atoms with E-state index in [1.165, 1.54) is 10.6 Å². The Hall–Kier alpha value is -4.40. The summed E-state index contributed by atoms with van der Waals surface area (Å²) < 4.78 is 7.42. The maximum Gasteiger partial charge on any atom is 0.350 e. The third-order valence-corrected chi connectivity index (χ3v) is 5.36. The second kappa shape index (κ2) is 8.99. The van der Waals surface area contributed by atoms with E-state index in [0.717, 1.165) is 15.8 Å². The van der Waals surface area contributed by atoms with E-state index < -0.39 is 5.69 Å². The van der Waals surface area contributed by atoms with Gasteiger partial charge in [-0.25, -0.2) is 13.9 Å². The number of nitrogens with one attached hydrogen (secondary N) is 2. The molecule has 2 aromatic carbocycles. The van der Waals surface area contributed by atoms with Gasteiger partial charge in [0.1, 0.15) is 12.3 Å². The average Bonchev–Trinajstić information content (AvgIpc) is 3.12. The average molecular weight is 445 g/mol. The van der Waals surface area contributed by atoms with Gasteiger partial charge in [0.05, 0.1) is 12.7 Å². The lowest BCUT2D eigenvalue weighted by atomic mass is 10.1. The van der Waals surface area contributed by atoms with Crippen molar-refractivity contribution >= 4 is 28.8 Å². The van der Waals surface area contributed by atoms with Crippen molar-refractivity contribution in [3.8, 4) is 5.75 Å². The Balaban J connectivity index is 1.51. The van der Waals surface area contributed by atoms with E-state index in [0.29, 0.717) is 22.8 Å². The minimum atomic E-state index is -0.514. The molecule has 0 aliphatic heterocycles. The lowest BCUT2D eigenvalue weighted by Gasteiger charge is -2.09. The Labute approximate surface area is 189 Å². The maximum absolute atomic E-state index is 12.8. The quantitative estimate of drug-likeness (QED) is 0.475. The molecule has 4 aromatic rings. The number of amides is 2. The minimum Gasteiger partial charge on any atom is -0.497 e. The molecule has 0 aliphatic rings. The molecule has 0 radical (unpaired) electrons. The first-order chi connectivity index (χ1) is 15.9. The molecule has 168 valence electrons. The van der Waals surface area contributed by atoms with Crippen molar-refractivity contribution in [1.29, 1.82) is 0 Å². The van der Waals surface area contributed by atoms with Gasteiger partial charge in [-0.1, -0.05) is 12.1 Å².